The average Bonchev–Trinajstić information content (AvgIpc) is 3.28. The van der Waals surface area contributed by atoms with Crippen LogP contribution >= 0.6 is 0 Å². The van der Waals surface area contributed by atoms with E-state index in [1.807, 2.05) is 36.3 Å². The molecule has 4 rings (SSSR count). The second-order valence-corrected chi connectivity index (χ2v) is 6.48. The van der Waals surface area contributed by atoms with Crippen LogP contribution in [0.15, 0.2) is 24.8 Å². The zero-order valence-corrected chi connectivity index (χ0v) is 13.1. The molecule has 2 aliphatic rings. The van der Waals surface area contributed by atoms with Gasteiger partial charge in [-0.3, -0.25) is 14.5 Å². The maximum Gasteiger partial charge on any atom is 0.156 e. The van der Waals surface area contributed by atoms with Gasteiger partial charge in [0.2, 0.25) is 0 Å². The van der Waals surface area contributed by atoms with Gasteiger partial charge in [-0.2, -0.15) is 0 Å². The smallest absolute Gasteiger partial charge is 0.156 e. The van der Waals surface area contributed by atoms with E-state index >= 15 is 0 Å². The molecule has 2 aromatic heterocycles. The molecular formula is C17H23N5. The summed E-state index contributed by atoms with van der Waals surface area (Å²) >= 11 is 0. The lowest BCUT2D eigenvalue weighted by atomic mass is 10.1. The Labute approximate surface area is 131 Å². The third kappa shape index (κ3) is 2.43. The van der Waals surface area contributed by atoms with Gasteiger partial charge in [0.1, 0.15) is 5.82 Å². The Bertz CT molecular complexity index is 644. The Kier molecular flexibility index (Phi) is 3.66. The molecule has 0 radical (unpaired) electrons. The highest BCUT2D eigenvalue weighted by Gasteiger charge is 2.34. The lowest BCUT2D eigenvalue weighted by molar-refractivity contribution is 0.179. The summed E-state index contributed by atoms with van der Waals surface area (Å²) in [5.41, 5.74) is 1.12. The van der Waals surface area contributed by atoms with E-state index in [9.17, 15) is 0 Å². The van der Waals surface area contributed by atoms with Gasteiger partial charge < -0.3 is 0 Å². The second-order valence-electron chi connectivity index (χ2n) is 6.48. The van der Waals surface area contributed by atoms with Gasteiger partial charge in [-0.25, -0.2) is 9.97 Å². The number of hydrogen-bond donors (Lipinski definition) is 0. The van der Waals surface area contributed by atoms with Crippen molar-refractivity contribution in [2.24, 2.45) is 0 Å². The van der Waals surface area contributed by atoms with Crippen molar-refractivity contribution >= 4 is 0 Å². The molecule has 0 amide bonds. The molecule has 0 aromatic carbocycles. The molecule has 0 unspecified atom stereocenters. The van der Waals surface area contributed by atoms with E-state index in [0.29, 0.717) is 6.04 Å². The number of nitrogens with zero attached hydrogens (tertiary/aromatic N) is 5. The van der Waals surface area contributed by atoms with E-state index in [1.165, 1.54) is 45.1 Å². The van der Waals surface area contributed by atoms with Crippen LogP contribution < -0.4 is 0 Å². The summed E-state index contributed by atoms with van der Waals surface area (Å²) in [6.45, 7) is 3.21. The molecule has 0 N–H and O–H groups in total. The number of aryl methyl sites for hydroxylation is 1. The van der Waals surface area contributed by atoms with E-state index in [2.05, 4.69) is 14.9 Å². The van der Waals surface area contributed by atoms with E-state index in [1.54, 1.807) is 0 Å². The predicted molar refractivity (Wildman–Crippen MR) is 84.8 cm³/mol. The van der Waals surface area contributed by atoms with E-state index in [-0.39, 0.29) is 0 Å². The van der Waals surface area contributed by atoms with Gasteiger partial charge in [0.15, 0.2) is 5.82 Å². The second kappa shape index (κ2) is 5.80. The van der Waals surface area contributed by atoms with Crippen molar-refractivity contribution < 1.29 is 0 Å². The fourth-order valence-corrected chi connectivity index (χ4v) is 4.05. The zero-order chi connectivity index (χ0) is 14.9. The number of imidazole rings is 1. The minimum Gasteiger partial charge on any atom is -0.292 e. The first-order chi connectivity index (χ1) is 10.8. The Balaban J connectivity index is 1.63. The van der Waals surface area contributed by atoms with Crippen LogP contribution in [0.3, 0.4) is 0 Å². The molecule has 1 aliphatic heterocycles. The number of rotatable bonds is 3. The van der Waals surface area contributed by atoms with Crippen LogP contribution in [0.25, 0.3) is 5.82 Å². The summed E-state index contributed by atoms with van der Waals surface area (Å²) < 4.78 is 2.01. The molecule has 22 heavy (non-hydrogen) atoms. The fraction of sp³-hybridized carbons (Fsp3) is 0.588. The van der Waals surface area contributed by atoms with Gasteiger partial charge in [0, 0.05) is 18.4 Å². The molecule has 5 heteroatoms. The predicted octanol–water partition coefficient (Wildman–Crippen LogP) is 3.05. The summed E-state index contributed by atoms with van der Waals surface area (Å²) in [7, 11) is 0. The SMILES string of the molecule is Cc1nccn1-c1cncc([C@H]2CCCN2C2CCCC2)n1. The molecule has 1 aliphatic carbocycles. The van der Waals surface area contributed by atoms with Gasteiger partial charge >= 0.3 is 0 Å². The Morgan fingerprint density at radius 3 is 2.73 bits per heavy atom. The largest absolute Gasteiger partial charge is 0.292 e. The monoisotopic (exact) mass is 297 g/mol. The standard InChI is InChI=1S/C17H23N5/c1-13-19-8-10-21(13)17-12-18-11-15(20-17)16-7-4-9-22(16)14-5-2-3-6-14/h8,10-12,14,16H,2-7,9H2,1H3/t16-/m1/s1. The number of hydrogen-bond acceptors (Lipinski definition) is 4. The molecule has 1 saturated carbocycles. The highest BCUT2D eigenvalue weighted by atomic mass is 15.2. The third-order valence-electron chi connectivity index (χ3n) is 5.14. The summed E-state index contributed by atoms with van der Waals surface area (Å²) in [4.78, 5) is 16.3. The zero-order valence-electron chi connectivity index (χ0n) is 13.1. The van der Waals surface area contributed by atoms with E-state index in [4.69, 9.17) is 4.98 Å². The minimum atomic E-state index is 0.444. The van der Waals surface area contributed by atoms with Crippen molar-refractivity contribution in [3.8, 4) is 5.82 Å². The van der Waals surface area contributed by atoms with Gasteiger partial charge in [0.05, 0.1) is 24.1 Å². The van der Waals surface area contributed by atoms with Crippen LogP contribution in [0.2, 0.25) is 0 Å². The molecule has 0 spiro atoms. The molecule has 2 fully saturated rings. The van der Waals surface area contributed by atoms with Gasteiger partial charge in [-0.15, -0.1) is 0 Å². The molecule has 116 valence electrons. The number of aromatic nitrogens is 4. The lowest BCUT2D eigenvalue weighted by Crippen LogP contribution is -2.33. The fourth-order valence-electron chi connectivity index (χ4n) is 4.05. The van der Waals surface area contributed by atoms with Crippen LogP contribution in [0.5, 0.6) is 0 Å². The van der Waals surface area contributed by atoms with Crippen LogP contribution in [-0.2, 0) is 0 Å². The number of likely N-dealkylation sites (tertiary alicyclic amines) is 1. The van der Waals surface area contributed by atoms with E-state index < -0.39 is 0 Å². The van der Waals surface area contributed by atoms with Crippen molar-refractivity contribution in [1.29, 1.82) is 0 Å². The molecule has 1 saturated heterocycles. The van der Waals surface area contributed by atoms with Gasteiger partial charge in [-0.05, 0) is 39.2 Å². The van der Waals surface area contributed by atoms with Crippen molar-refractivity contribution in [1.82, 2.24) is 24.4 Å². The molecule has 3 heterocycles. The molecule has 1 atom stereocenters. The normalized spacial score (nSPS) is 23.4. The van der Waals surface area contributed by atoms with Crippen molar-refractivity contribution in [2.45, 2.75) is 57.5 Å². The first kappa shape index (κ1) is 13.9. The Morgan fingerprint density at radius 2 is 1.95 bits per heavy atom. The van der Waals surface area contributed by atoms with Crippen LogP contribution in [0.4, 0.5) is 0 Å². The van der Waals surface area contributed by atoms with Crippen molar-refractivity contribution in [3.05, 3.63) is 36.3 Å². The Morgan fingerprint density at radius 1 is 1.09 bits per heavy atom. The summed E-state index contributed by atoms with van der Waals surface area (Å²) in [5.74, 6) is 1.83. The maximum absolute atomic E-state index is 4.90. The summed E-state index contributed by atoms with van der Waals surface area (Å²) in [5, 5.41) is 0. The third-order valence-corrected chi connectivity index (χ3v) is 5.14. The molecule has 0 bridgehead atoms. The molecular weight excluding hydrogens is 274 g/mol. The minimum absolute atomic E-state index is 0.444. The topological polar surface area (TPSA) is 46.8 Å². The average molecular weight is 297 g/mol. The quantitative estimate of drug-likeness (QED) is 0.873. The molecule has 5 nitrogen and oxygen atoms in total. The maximum atomic E-state index is 4.90. The van der Waals surface area contributed by atoms with Crippen molar-refractivity contribution in [2.75, 3.05) is 6.54 Å². The highest BCUT2D eigenvalue weighted by Crippen LogP contribution is 2.37. The summed E-state index contributed by atoms with van der Waals surface area (Å²) in [6, 6.07) is 1.20. The van der Waals surface area contributed by atoms with Crippen molar-refractivity contribution in [3.63, 3.8) is 0 Å². The van der Waals surface area contributed by atoms with E-state index in [0.717, 1.165) is 23.4 Å². The lowest BCUT2D eigenvalue weighted by Gasteiger charge is -2.30. The van der Waals surface area contributed by atoms with Crippen LogP contribution in [0, 0.1) is 6.92 Å². The van der Waals surface area contributed by atoms with Crippen LogP contribution in [-0.4, -0.2) is 37.0 Å². The Hall–Kier alpha value is -1.75. The van der Waals surface area contributed by atoms with Crippen LogP contribution in [0.1, 0.15) is 56.1 Å². The van der Waals surface area contributed by atoms with Gasteiger partial charge in [0.25, 0.3) is 0 Å². The molecule has 2 aromatic rings. The first-order valence-electron chi connectivity index (χ1n) is 8.41. The highest BCUT2D eigenvalue weighted by molar-refractivity contribution is 5.23. The first-order valence-corrected chi connectivity index (χ1v) is 8.41. The van der Waals surface area contributed by atoms with Gasteiger partial charge in [-0.1, -0.05) is 12.8 Å². The summed E-state index contributed by atoms with van der Waals surface area (Å²) in [6.07, 6.45) is 15.5.